The van der Waals surface area contributed by atoms with Crippen LogP contribution in [0.25, 0.3) is 0 Å². The van der Waals surface area contributed by atoms with E-state index in [0.717, 1.165) is 101 Å². The first-order chi connectivity index (χ1) is 22.6. The number of hydrogen-bond donors (Lipinski definition) is 2. The molecular weight excluding hydrogens is 584 g/mol. The Kier molecular flexibility index (Phi) is 7.70. The van der Waals surface area contributed by atoms with Gasteiger partial charge < -0.3 is 14.9 Å². The third-order valence-electron chi connectivity index (χ3n) is 14.9. The summed E-state index contributed by atoms with van der Waals surface area (Å²) in [6, 6.07) is 7.93. The molecule has 0 heterocycles. The van der Waals surface area contributed by atoms with Gasteiger partial charge in [-0.3, -0.25) is 9.59 Å². The molecule has 4 saturated carbocycles. The molecule has 0 amide bonds. The molecule has 10 atom stereocenters. The number of rotatable bonds is 6. The minimum Gasteiger partial charge on any atom is -0.508 e. The molecule has 8 rings (SSSR count). The largest absolute Gasteiger partial charge is 0.508 e. The van der Waals surface area contributed by atoms with Crippen LogP contribution >= 0.6 is 0 Å². The van der Waals surface area contributed by atoms with Crippen LogP contribution in [0.3, 0.4) is 0 Å². The van der Waals surface area contributed by atoms with Gasteiger partial charge in [0.05, 0.1) is 12.2 Å². The topological polar surface area (TPSA) is 83.8 Å². The number of Topliss-reactive ketones (excluding diaryl/α,β-unsaturated/α-hetero) is 2. The van der Waals surface area contributed by atoms with Gasteiger partial charge in [0.25, 0.3) is 0 Å². The molecule has 4 fully saturated rings. The van der Waals surface area contributed by atoms with Crippen LogP contribution in [-0.2, 0) is 27.2 Å². The highest BCUT2D eigenvalue weighted by atomic mass is 16.5. The maximum atomic E-state index is 13.0. The highest BCUT2D eigenvalue weighted by molar-refractivity contribution is 5.87. The van der Waals surface area contributed by atoms with E-state index in [-0.39, 0.29) is 23.0 Å². The lowest BCUT2D eigenvalue weighted by atomic mass is 9.55. The fourth-order valence-corrected chi connectivity index (χ4v) is 12.6. The van der Waals surface area contributed by atoms with Crippen LogP contribution in [0.5, 0.6) is 11.5 Å². The van der Waals surface area contributed by atoms with Crippen LogP contribution in [0.4, 0.5) is 0 Å². The van der Waals surface area contributed by atoms with Crippen molar-refractivity contribution in [1.82, 2.24) is 0 Å². The zero-order valence-electron chi connectivity index (χ0n) is 28.9. The smallest absolute Gasteiger partial charge is 0.139 e. The minimum absolute atomic E-state index is 0.168. The van der Waals surface area contributed by atoms with Crippen molar-refractivity contribution in [3.63, 3.8) is 0 Å². The van der Waals surface area contributed by atoms with Gasteiger partial charge in [-0.1, -0.05) is 27.7 Å². The van der Waals surface area contributed by atoms with Crippen molar-refractivity contribution in [2.75, 3.05) is 0 Å². The molecule has 0 radical (unpaired) electrons. The highest BCUT2D eigenvalue weighted by Gasteiger charge is 2.56. The third kappa shape index (κ3) is 4.71. The van der Waals surface area contributed by atoms with Crippen LogP contribution in [0, 0.1) is 34.5 Å². The Hall–Kier alpha value is -2.66. The number of carbonyl (C=O) groups excluding carboxylic acids is 2. The van der Waals surface area contributed by atoms with Gasteiger partial charge in [-0.15, -0.1) is 0 Å². The van der Waals surface area contributed by atoms with Crippen molar-refractivity contribution in [1.29, 1.82) is 0 Å². The van der Waals surface area contributed by atoms with Crippen LogP contribution in [0.2, 0.25) is 0 Å². The first-order valence-corrected chi connectivity index (χ1v) is 19.0. The van der Waals surface area contributed by atoms with Crippen molar-refractivity contribution in [3.05, 3.63) is 57.6 Å². The van der Waals surface area contributed by atoms with E-state index in [0.29, 0.717) is 58.6 Å². The van der Waals surface area contributed by atoms with Crippen molar-refractivity contribution in [2.45, 2.75) is 142 Å². The van der Waals surface area contributed by atoms with E-state index in [2.05, 4.69) is 27.7 Å². The first kappa shape index (κ1) is 31.6. The highest BCUT2D eigenvalue weighted by Crippen LogP contribution is 2.62. The van der Waals surface area contributed by atoms with Crippen molar-refractivity contribution < 1.29 is 24.5 Å². The quantitative estimate of drug-likeness (QED) is 0.329. The van der Waals surface area contributed by atoms with Crippen molar-refractivity contribution >= 4 is 11.6 Å². The van der Waals surface area contributed by atoms with Gasteiger partial charge in [0.1, 0.15) is 23.1 Å². The van der Waals surface area contributed by atoms with E-state index < -0.39 is 0 Å². The van der Waals surface area contributed by atoms with E-state index in [9.17, 15) is 19.8 Å². The maximum absolute atomic E-state index is 13.0. The van der Waals surface area contributed by atoms with Crippen LogP contribution < -0.4 is 0 Å². The van der Waals surface area contributed by atoms with Gasteiger partial charge in [-0.2, -0.15) is 0 Å². The van der Waals surface area contributed by atoms with E-state index in [1.165, 1.54) is 22.3 Å². The number of phenolic OH excluding ortho intramolecular Hbond substituents is 2. The SMILES string of the molecule is CCC(OC(CC)c1cc(O)cc2c1[C@H]1CC[C@]3(C)C(=O)CC[C@H]3[C@@H]1CC2)c1cc(O)cc2c1[C@H]1CC[C@]3(C)C(=O)CC[C@H]3[C@@H]1CC2. The molecular formula is C42H54O5. The lowest BCUT2D eigenvalue weighted by molar-refractivity contribution is -0.130. The number of fused-ring (bicyclic) bond motifs is 10. The van der Waals surface area contributed by atoms with Crippen LogP contribution in [0.15, 0.2) is 24.3 Å². The molecule has 5 nitrogen and oxygen atoms in total. The first-order valence-electron chi connectivity index (χ1n) is 19.0. The average molecular weight is 639 g/mol. The van der Waals surface area contributed by atoms with Gasteiger partial charge in [0, 0.05) is 23.7 Å². The molecule has 6 aliphatic carbocycles. The van der Waals surface area contributed by atoms with Crippen molar-refractivity contribution in [3.8, 4) is 11.5 Å². The second-order valence-electron chi connectivity index (χ2n) is 16.8. The molecule has 0 bridgehead atoms. The van der Waals surface area contributed by atoms with Crippen LogP contribution in [-0.4, -0.2) is 21.8 Å². The number of ketones is 2. The maximum Gasteiger partial charge on any atom is 0.139 e. The Labute approximate surface area is 280 Å². The summed E-state index contributed by atoms with van der Waals surface area (Å²) >= 11 is 0. The monoisotopic (exact) mass is 638 g/mol. The second-order valence-corrected chi connectivity index (χ2v) is 16.8. The molecule has 5 heteroatoms. The summed E-state index contributed by atoms with van der Waals surface area (Å²) in [4.78, 5) is 26.0. The molecule has 2 unspecified atom stereocenters. The zero-order chi connectivity index (χ0) is 32.8. The number of aromatic hydroxyl groups is 2. The summed E-state index contributed by atoms with van der Waals surface area (Å²) in [6.07, 6.45) is 12.7. The van der Waals surface area contributed by atoms with E-state index in [1.807, 2.05) is 24.3 Å². The molecule has 2 aromatic rings. The molecule has 47 heavy (non-hydrogen) atoms. The van der Waals surface area contributed by atoms with E-state index in [1.54, 1.807) is 0 Å². The summed E-state index contributed by atoms with van der Waals surface area (Å²) in [5.41, 5.74) is 7.23. The molecule has 0 aliphatic heterocycles. The zero-order valence-corrected chi connectivity index (χ0v) is 28.9. The summed E-state index contributed by atoms with van der Waals surface area (Å²) < 4.78 is 7.24. The molecule has 6 aliphatic rings. The summed E-state index contributed by atoms with van der Waals surface area (Å²) in [6.45, 7) is 8.85. The summed E-state index contributed by atoms with van der Waals surface area (Å²) in [5.74, 6) is 4.28. The van der Waals surface area contributed by atoms with Crippen LogP contribution in [0.1, 0.15) is 162 Å². The molecule has 0 saturated heterocycles. The Balaban J connectivity index is 1.14. The Morgan fingerprint density at radius 1 is 0.660 bits per heavy atom. The Bertz CT molecular complexity index is 1490. The Morgan fingerprint density at radius 2 is 1.09 bits per heavy atom. The van der Waals surface area contributed by atoms with Gasteiger partial charge in [0.2, 0.25) is 0 Å². The normalized spacial score (nSPS) is 36.9. The van der Waals surface area contributed by atoms with Crippen molar-refractivity contribution in [2.24, 2.45) is 34.5 Å². The number of ether oxygens (including phenoxy) is 1. The molecule has 252 valence electrons. The number of benzene rings is 2. The summed E-state index contributed by atoms with van der Waals surface area (Å²) in [7, 11) is 0. The minimum atomic E-state index is -0.183. The molecule has 0 aromatic heterocycles. The predicted molar refractivity (Wildman–Crippen MR) is 183 cm³/mol. The number of aryl methyl sites for hydroxylation is 2. The van der Waals surface area contributed by atoms with Gasteiger partial charge in [-0.25, -0.2) is 0 Å². The average Bonchev–Trinajstić information content (AvgIpc) is 3.54. The lowest BCUT2D eigenvalue weighted by Gasteiger charge is -2.49. The van der Waals surface area contributed by atoms with E-state index >= 15 is 0 Å². The fraction of sp³-hybridized carbons (Fsp3) is 0.667. The lowest BCUT2D eigenvalue weighted by Crippen LogP contribution is -2.43. The predicted octanol–water partition coefficient (Wildman–Crippen LogP) is 9.57. The van der Waals surface area contributed by atoms with Gasteiger partial charge in [-0.05, 0) is 170 Å². The van der Waals surface area contributed by atoms with E-state index in [4.69, 9.17) is 4.74 Å². The second kappa shape index (κ2) is 11.5. The molecule has 0 spiro atoms. The number of phenols is 2. The Morgan fingerprint density at radius 3 is 1.49 bits per heavy atom. The van der Waals surface area contributed by atoms with Gasteiger partial charge >= 0.3 is 0 Å². The number of hydrogen-bond acceptors (Lipinski definition) is 5. The third-order valence-corrected chi connectivity index (χ3v) is 14.9. The number of carbonyl (C=O) groups is 2. The summed E-state index contributed by atoms with van der Waals surface area (Å²) in [5, 5.41) is 22.0. The standard InChI is InChI=1S/C42H54O5/c1-5-35(31-21-25(43)19-23-7-9-27-29(39(23)31)15-17-41(3)33(27)11-13-37(41)45)47-36(6-2)32-22-26(44)20-24-8-10-28-30(40(24)32)16-18-42(4)34(28)12-14-38(42)46/h19-22,27-30,33-36,43-44H,5-18H2,1-4H3/t27-,28-,29+,30+,33+,34+,35?,36?,41+,42+/m1/s1. The van der Waals surface area contributed by atoms with Gasteiger partial charge in [0.15, 0.2) is 0 Å². The molecule has 2 aromatic carbocycles. The fourth-order valence-electron chi connectivity index (χ4n) is 12.6. The molecule has 2 N–H and O–H groups in total.